The molecule has 1 heterocycles. The van der Waals surface area contributed by atoms with Gasteiger partial charge >= 0.3 is 0 Å². The van der Waals surface area contributed by atoms with E-state index in [2.05, 4.69) is 27.3 Å². The largest absolute Gasteiger partial charge is 0.488 e. The first-order valence-electron chi connectivity index (χ1n) is 16.1. The molecule has 0 fully saturated rings. The average Bonchev–Trinajstić information content (AvgIpc) is 3.13. The topological polar surface area (TPSA) is 129 Å². The number of carbonyl (C=O) groups excluding carboxylic acids is 1. The summed E-state index contributed by atoms with van der Waals surface area (Å²) in [6.45, 7) is 3.54. The predicted octanol–water partition coefficient (Wildman–Crippen LogP) is 5.30. The Bertz CT molecular complexity index is 1900. The third-order valence-electron chi connectivity index (χ3n) is 8.09. The lowest BCUT2D eigenvalue weighted by Gasteiger charge is -2.25. The fourth-order valence-electron chi connectivity index (χ4n) is 5.34. The number of ether oxygens (including phenoxy) is 1. The van der Waals surface area contributed by atoms with Crippen LogP contribution in [0.4, 0.5) is 0 Å². The van der Waals surface area contributed by atoms with E-state index in [1.807, 2.05) is 67.6 Å². The summed E-state index contributed by atoms with van der Waals surface area (Å²) < 4.78 is 33.3. The number of amides is 1. The quantitative estimate of drug-likeness (QED) is 0.128. The molecule has 0 aliphatic rings. The van der Waals surface area contributed by atoms with Crippen molar-refractivity contribution >= 4 is 15.7 Å². The van der Waals surface area contributed by atoms with Crippen LogP contribution >= 0.6 is 0 Å². The van der Waals surface area contributed by atoms with Gasteiger partial charge in [0.25, 0.3) is 5.91 Å². The van der Waals surface area contributed by atoms with Gasteiger partial charge in [0.15, 0.2) is 0 Å². The van der Waals surface area contributed by atoms with E-state index >= 15 is 0 Å². The van der Waals surface area contributed by atoms with E-state index in [1.54, 1.807) is 30.5 Å². The maximum atomic E-state index is 13.7. The summed E-state index contributed by atoms with van der Waals surface area (Å²) >= 11 is 0. The van der Waals surface area contributed by atoms with E-state index in [4.69, 9.17) is 4.74 Å². The van der Waals surface area contributed by atoms with E-state index in [-0.39, 0.29) is 40.9 Å². The monoisotopic (exact) mass is 679 g/mol. The van der Waals surface area contributed by atoms with Gasteiger partial charge in [0.1, 0.15) is 12.4 Å². The predicted molar refractivity (Wildman–Crippen MR) is 188 cm³/mol. The summed E-state index contributed by atoms with van der Waals surface area (Å²) in [6.07, 6.45) is 1.62. The number of aryl methyl sites for hydroxylation is 1. The van der Waals surface area contributed by atoms with Gasteiger partial charge in [0.05, 0.1) is 28.1 Å². The number of nitrogens with one attached hydrogen (secondary N) is 1. The molecule has 49 heavy (non-hydrogen) atoms. The molecule has 0 radical (unpaired) electrons. The lowest BCUT2D eigenvalue weighted by atomic mass is 10.1. The second-order valence-electron chi connectivity index (χ2n) is 11.8. The fourth-order valence-corrected chi connectivity index (χ4v) is 6.63. The van der Waals surface area contributed by atoms with Crippen molar-refractivity contribution < 1.29 is 28.2 Å². The standard InChI is InChI=1S/C39H41N3O6S/c1-29-12-15-33(25-41-29)37(44)27-42(26-31-8-4-2-5-9-31)22-20-30-13-16-34(17-14-30)49(46,47)35-18-19-38(36(24-35)39(45)40-21-23-43)48-28-32-10-6-3-7-11-32/h2-19,24-25,37,43-44H,20-23,26-28H2,1H3,(H,40,45)/t37-/m0/s1. The highest BCUT2D eigenvalue weighted by molar-refractivity contribution is 7.91. The highest BCUT2D eigenvalue weighted by Gasteiger charge is 2.23. The number of rotatable bonds is 16. The number of sulfone groups is 1. The summed E-state index contributed by atoms with van der Waals surface area (Å²) in [4.78, 5) is 19.5. The Kier molecular flexibility index (Phi) is 12.3. The van der Waals surface area contributed by atoms with Gasteiger partial charge in [-0.1, -0.05) is 78.9 Å². The van der Waals surface area contributed by atoms with Gasteiger partial charge in [-0.25, -0.2) is 8.42 Å². The molecule has 5 aromatic rings. The van der Waals surface area contributed by atoms with Gasteiger partial charge in [0, 0.05) is 43.6 Å². The van der Waals surface area contributed by atoms with Crippen LogP contribution in [-0.4, -0.2) is 60.7 Å². The van der Waals surface area contributed by atoms with Crippen LogP contribution in [0.5, 0.6) is 5.75 Å². The van der Waals surface area contributed by atoms with Gasteiger partial charge in [-0.05, 0) is 66.4 Å². The van der Waals surface area contributed by atoms with E-state index in [1.165, 1.54) is 18.2 Å². The molecule has 0 aliphatic heterocycles. The normalized spacial score (nSPS) is 12.1. The zero-order chi connectivity index (χ0) is 34.6. The van der Waals surface area contributed by atoms with Crippen LogP contribution in [0.2, 0.25) is 0 Å². The molecule has 0 spiro atoms. The molecule has 0 bridgehead atoms. The number of aromatic nitrogens is 1. The van der Waals surface area contributed by atoms with Crippen LogP contribution in [0.15, 0.2) is 131 Å². The Balaban J connectivity index is 1.30. The van der Waals surface area contributed by atoms with Crippen molar-refractivity contribution in [3.8, 4) is 5.75 Å². The summed E-state index contributed by atoms with van der Waals surface area (Å²) in [5.41, 5.74) is 4.66. The first-order chi connectivity index (χ1) is 23.7. The summed E-state index contributed by atoms with van der Waals surface area (Å²) in [5.74, 6) is -0.314. The number of nitrogens with zero attached hydrogens (tertiary/aromatic N) is 2. The Hall–Kier alpha value is -4.87. The van der Waals surface area contributed by atoms with E-state index < -0.39 is 21.8 Å². The Morgan fingerprint density at radius 1 is 0.857 bits per heavy atom. The number of hydrogen-bond acceptors (Lipinski definition) is 8. The number of aliphatic hydroxyl groups is 2. The zero-order valence-electron chi connectivity index (χ0n) is 27.4. The number of hydrogen-bond donors (Lipinski definition) is 3. The first kappa shape index (κ1) is 35.4. The molecule has 254 valence electrons. The highest BCUT2D eigenvalue weighted by Crippen LogP contribution is 2.28. The molecule has 0 aliphatic carbocycles. The molecule has 0 saturated heterocycles. The molecule has 0 saturated carbocycles. The van der Waals surface area contributed by atoms with Gasteiger partial charge < -0.3 is 20.3 Å². The van der Waals surface area contributed by atoms with E-state index in [0.717, 1.165) is 27.9 Å². The molecule has 9 nitrogen and oxygen atoms in total. The average molecular weight is 680 g/mol. The van der Waals surface area contributed by atoms with Crippen molar-refractivity contribution in [3.05, 3.63) is 155 Å². The smallest absolute Gasteiger partial charge is 0.255 e. The maximum Gasteiger partial charge on any atom is 0.255 e. The molecular formula is C39H41N3O6S. The van der Waals surface area contributed by atoms with Crippen LogP contribution in [0, 0.1) is 6.92 Å². The van der Waals surface area contributed by atoms with Crippen molar-refractivity contribution in [2.24, 2.45) is 0 Å². The highest BCUT2D eigenvalue weighted by atomic mass is 32.2. The second-order valence-corrected chi connectivity index (χ2v) is 13.7. The Morgan fingerprint density at radius 3 is 2.18 bits per heavy atom. The number of benzene rings is 4. The van der Waals surface area contributed by atoms with Gasteiger partial charge in [0.2, 0.25) is 9.84 Å². The van der Waals surface area contributed by atoms with Crippen LogP contribution in [0.3, 0.4) is 0 Å². The van der Waals surface area contributed by atoms with Crippen LogP contribution in [0.25, 0.3) is 0 Å². The molecule has 1 amide bonds. The maximum absolute atomic E-state index is 13.7. The number of aliphatic hydroxyl groups excluding tert-OH is 2. The summed E-state index contributed by atoms with van der Waals surface area (Å²) in [7, 11) is -3.97. The second kappa shape index (κ2) is 17.0. The van der Waals surface area contributed by atoms with Crippen molar-refractivity contribution in [3.63, 3.8) is 0 Å². The minimum Gasteiger partial charge on any atom is -0.488 e. The lowest BCUT2D eigenvalue weighted by Crippen LogP contribution is -2.30. The van der Waals surface area contributed by atoms with Crippen molar-refractivity contribution in [1.29, 1.82) is 0 Å². The third kappa shape index (κ3) is 9.84. The van der Waals surface area contributed by atoms with Crippen molar-refractivity contribution in [1.82, 2.24) is 15.2 Å². The minimum absolute atomic E-state index is 0.0142. The lowest BCUT2D eigenvalue weighted by molar-refractivity contribution is 0.0940. The molecular weight excluding hydrogens is 639 g/mol. The van der Waals surface area contributed by atoms with Gasteiger partial charge in [-0.2, -0.15) is 0 Å². The molecule has 1 aromatic heterocycles. The van der Waals surface area contributed by atoms with E-state index in [0.29, 0.717) is 26.1 Å². The van der Waals surface area contributed by atoms with Crippen molar-refractivity contribution in [2.45, 2.75) is 42.4 Å². The van der Waals surface area contributed by atoms with Gasteiger partial charge in [-0.15, -0.1) is 0 Å². The molecule has 5 rings (SSSR count). The SMILES string of the molecule is Cc1ccc([C@@H](O)CN(CCc2ccc(S(=O)(=O)c3ccc(OCc4ccccc4)c(C(=O)NCCO)c3)cc2)Cc2ccccc2)cn1. The van der Waals surface area contributed by atoms with Crippen LogP contribution in [-0.2, 0) is 29.4 Å². The summed E-state index contributed by atoms with van der Waals surface area (Å²) in [6, 6.07) is 34.2. The molecule has 1 atom stereocenters. The van der Waals surface area contributed by atoms with Crippen LogP contribution < -0.4 is 10.1 Å². The third-order valence-corrected chi connectivity index (χ3v) is 9.86. The number of pyridine rings is 1. The minimum atomic E-state index is -3.97. The van der Waals surface area contributed by atoms with Gasteiger partial charge in [-0.3, -0.25) is 14.7 Å². The molecule has 4 aromatic carbocycles. The zero-order valence-corrected chi connectivity index (χ0v) is 28.2. The molecule has 0 unspecified atom stereocenters. The Morgan fingerprint density at radius 2 is 1.53 bits per heavy atom. The Labute approximate surface area is 287 Å². The molecule has 10 heteroatoms. The molecule has 3 N–H and O–H groups in total. The van der Waals surface area contributed by atoms with Crippen LogP contribution in [0.1, 0.15) is 44.4 Å². The first-order valence-corrected chi connectivity index (χ1v) is 17.6. The van der Waals surface area contributed by atoms with Crippen molar-refractivity contribution in [2.75, 3.05) is 26.2 Å². The fraction of sp³-hybridized carbons (Fsp3) is 0.231. The van der Waals surface area contributed by atoms with E-state index in [9.17, 15) is 23.4 Å². The summed E-state index contributed by atoms with van der Waals surface area (Å²) in [5, 5.41) is 22.8. The number of carbonyl (C=O) groups is 1.